The molecule has 3 N–H and O–H groups in total. The molecule has 0 fully saturated rings. The number of carbonyl (C=O) groups is 1. The summed E-state index contributed by atoms with van der Waals surface area (Å²) in [5.41, 5.74) is -3.60. The fraction of sp³-hybridized carbons (Fsp3) is 0.933. The van der Waals surface area contributed by atoms with Crippen molar-refractivity contribution in [2.75, 3.05) is 0 Å². The molecule has 0 aliphatic heterocycles. The lowest BCUT2D eigenvalue weighted by molar-refractivity contribution is -0.193. The molecule has 114 valence electrons. The monoisotopic (exact) mass is 274 g/mol. The highest BCUT2D eigenvalue weighted by Crippen LogP contribution is 2.33. The van der Waals surface area contributed by atoms with Crippen LogP contribution in [0.3, 0.4) is 0 Å². The van der Waals surface area contributed by atoms with Gasteiger partial charge < -0.3 is 15.3 Å². The van der Waals surface area contributed by atoms with Crippen molar-refractivity contribution < 1.29 is 20.1 Å². The van der Waals surface area contributed by atoms with Gasteiger partial charge in [0, 0.05) is 0 Å². The molecule has 19 heavy (non-hydrogen) atoms. The third-order valence-electron chi connectivity index (χ3n) is 3.90. The molecule has 0 aromatic carbocycles. The van der Waals surface area contributed by atoms with Crippen LogP contribution in [0.25, 0.3) is 0 Å². The average Bonchev–Trinajstić information content (AvgIpc) is 2.34. The maximum atomic E-state index is 11.3. The van der Waals surface area contributed by atoms with Crippen molar-refractivity contribution in [3.05, 3.63) is 0 Å². The largest absolute Gasteiger partial charge is 0.479 e. The first-order valence-electron chi connectivity index (χ1n) is 7.50. The van der Waals surface area contributed by atoms with Gasteiger partial charge in [-0.25, -0.2) is 4.79 Å². The molecule has 0 aliphatic rings. The molecule has 0 radical (unpaired) electrons. The molecule has 0 saturated carbocycles. The first kappa shape index (κ1) is 18.4. The van der Waals surface area contributed by atoms with Gasteiger partial charge in [0.1, 0.15) is 5.60 Å². The van der Waals surface area contributed by atoms with E-state index < -0.39 is 17.2 Å². The van der Waals surface area contributed by atoms with Crippen molar-refractivity contribution in [1.29, 1.82) is 0 Å². The van der Waals surface area contributed by atoms with Crippen LogP contribution in [0.15, 0.2) is 0 Å². The number of aliphatic hydroxyl groups is 2. The van der Waals surface area contributed by atoms with Crippen molar-refractivity contribution >= 4 is 5.97 Å². The zero-order chi connectivity index (χ0) is 14.9. The third-order valence-corrected chi connectivity index (χ3v) is 3.90. The van der Waals surface area contributed by atoms with Gasteiger partial charge in [0.25, 0.3) is 0 Å². The standard InChI is InChI=1S/C15H30O4/c1-4-6-8-10-11-14(3,18)15(19,13(16)17)12-9-7-5-2/h18-19H,4-12H2,1-3H3,(H,16,17). The van der Waals surface area contributed by atoms with E-state index in [0.717, 1.165) is 38.5 Å². The maximum absolute atomic E-state index is 11.3. The Hall–Kier alpha value is -0.610. The van der Waals surface area contributed by atoms with Crippen molar-refractivity contribution in [2.45, 2.75) is 89.8 Å². The highest BCUT2D eigenvalue weighted by molar-refractivity contribution is 5.78. The fourth-order valence-electron chi connectivity index (χ4n) is 2.34. The van der Waals surface area contributed by atoms with E-state index in [-0.39, 0.29) is 6.42 Å². The van der Waals surface area contributed by atoms with E-state index in [1.165, 1.54) is 6.92 Å². The Bertz CT molecular complexity index is 263. The number of carboxylic acid groups (broad SMARTS) is 1. The second kappa shape index (κ2) is 8.54. The summed E-state index contributed by atoms with van der Waals surface area (Å²) in [7, 11) is 0. The van der Waals surface area contributed by atoms with E-state index in [0.29, 0.717) is 12.8 Å². The molecule has 4 nitrogen and oxygen atoms in total. The Labute approximate surface area is 116 Å². The average molecular weight is 274 g/mol. The summed E-state index contributed by atoms with van der Waals surface area (Å²) >= 11 is 0. The number of rotatable bonds is 11. The number of carboxylic acids is 1. The van der Waals surface area contributed by atoms with Crippen LogP contribution in [-0.4, -0.2) is 32.5 Å². The molecule has 0 aromatic rings. The van der Waals surface area contributed by atoms with Gasteiger partial charge >= 0.3 is 5.97 Å². The maximum Gasteiger partial charge on any atom is 0.338 e. The first-order valence-corrected chi connectivity index (χ1v) is 7.50. The number of unbranched alkanes of at least 4 members (excludes halogenated alkanes) is 5. The summed E-state index contributed by atoms with van der Waals surface area (Å²) in [5, 5.41) is 30.0. The van der Waals surface area contributed by atoms with Gasteiger partial charge in [0.2, 0.25) is 0 Å². The van der Waals surface area contributed by atoms with Crippen molar-refractivity contribution in [3.63, 3.8) is 0 Å². The van der Waals surface area contributed by atoms with E-state index in [4.69, 9.17) is 0 Å². The SMILES string of the molecule is CCCCCCC(C)(O)C(O)(CCCCC)C(=O)O. The van der Waals surface area contributed by atoms with Crippen molar-refractivity contribution in [2.24, 2.45) is 0 Å². The molecule has 0 aromatic heterocycles. The fourth-order valence-corrected chi connectivity index (χ4v) is 2.34. The first-order chi connectivity index (χ1) is 8.81. The smallest absolute Gasteiger partial charge is 0.338 e. The lowest BCUT2D eigenvalue weighted by Gasteiger charge is -2.38. The molecule has 2 atom stereocenters. The molecule has 0 heterocycles. The molecule has 0 aliphatic carbocycles. The van der Waals surface area contributed by atoms with Crippen LogP contribution < -0.4 is 0 Å². The Morgan fingerprint density at radius 3 is 1.84 bits per heavy atom. The van der Waals surface area contributed by atoms with E-state index >= 15 is 0 Å². The highest BCUT2D eigenvalue weighted by Gasteiger charge is 2.51. The van der Waals surface area contributed by atoms with Crippen molar-refractivity contribution in [1.82, 2.24) is 0 Å². The van der Waals surface area contributed by atoms with Gasteiger partial charge in [-0.2, -0.15) is 0 Å². The lowest BCUT2D eigenvalue weighted by atomic mass is 9.77. The second-order valence-corrected chi connectivity index (χ2v) is 5.71. The predicted molar refractivity (Wildman–Crippen MR) is 76.1 cm³/mol. The summed E-state index contributed by atoms with van der Waals surface area (Å²) in [6.07, 6.45) is 6.71. The Kier molecular flexibility index (Phi) is 8.26. The zero-order valence-electron chi connectivity index (χ0n) is 12.6. The van der Waals surface area contributed by atoms with Crippen LogP contribution in [0.5, 0.6) is 0 Å². The van der Waals surface area contributed by atoms with Gasteiger partial charge in [0.05, 0.1) is 0 Å². The van der Waals surface area contributed by atoms with E-state index in [1.807, 2.05) is 6.92 Å². The van der Waals surface area contributed by atoms with E-state index in [1.54, 1.807) is 0 Å². The van der Waals surface area contributed by atoms with Crippen LogP contribution in [0, 0.1) is 0 Å². The minimum absolute atomic E-state index is 0.108. The van der Waals surface area contributed by atoms with Crippen LogP contribution in [0.4, 0.5) is 0 Å². The quantitative estimate of drug-likeness (QED) is 0.506. The zero-order valence-corrected chi connectivity index (χ0v) is 12.6. The molecule has 0 bridgehead atoms. The molecule has 0 amide bonds. The van der Waals surface area contributed by atoms with E-state index in [9.17, 15) is 20.1 Å². The minimum Gasteiger partial charge on any atom is -0.479 e. The molecular weight excluding hydrogens is 244 g/mol. The van der Waals surface area contributed by atoms with Crippen LogP contribution in [0.2, 0.25) is 0 Å². The molecular formula is C15H30O4. The Morgan fingerprint density at radius 2 is 1.37 bits per heavy atom. The molecule has 0 rings (SSSR count). The van der Waals surface area contributed by atoms with Gasteiger partial charge in [-0.15, -0.1) is 0 Å². The predicted octanol–water partition coefficient (Wildman–Crippen LogP) is 3.10. The molecule has 0 spiro atoms. The van der Waals surface area contributed by atoms with Crippen LogP contribution in [-0.2, 0) is 4.79 Å². The Morgan fingerprint density at radius 1 is 0.895 bits per heavy atom. The minimum atomic E-state index is -2.03. The summed E-state index contributed by atoms with van der Waals surface area (Å²) < 4.78 is 0. The summed E-state index contributed by atoms with van der Waals surface area (Å²) in [6.45, 7) is 5.55. The normalized spacial score (nSPS) is 17.7. The summed E-state index contributed by atoms with van der Waals surface area (Å²) in [5.74, 6) is -1.32. The number of hydrogen-bond donors (Lipinski definition) is 3. The van der Waals surface area contributed by atoms with Gasteiger partial charge in [-0.05, 0) is 26.2 Å². The third kappa shape index (κ3) is 5.49. The van der Waals surface area contributed by atoms with Crippen molar-refractivity contribution in [3.8, 4) is 0 Å². The van der Waals surface area contributed by atoms with E-state index in [2.05, 4.69) is 6.92 Å². The topological polar surface area (TPSA) is 77.8 Å². The lowest BCUT2D eigenvalue weighted by Crippen LogP contribution is -2.57. The number of aliphatic carboxylic acids is 1. The van der Waals surface area contributed by atoms with Gasteiger partial charge in [-0.3, -0.25) is 0 Å². The van der Waals surface area contributed by atoms with Crippen LogP contribution in [0.1, 0.15) is 78.6 Å². The number of hydrogen-bond acceptors (Lipinski definition) is 3. The molecule has 0 saturated heterocycles. The molecule has 4 heteroatoms. The van der Waals surface area contributed by atoms with Gasteiger partial charge in [-0.1, -0.05) is 52.4 Å². The van der Waals surface area contributed by atoms with Gasteiger partial charge in [0.15, 0.2) is 5.60 Å². The second-order valence-electron chi connectivity index (χ2n) is 5.71. The Balaban J connectivity index is 4.58. The molecule has 2 unspecified atom stereocenters. The van der Waals surface area contributed by atoms with Crippen LogP contribution >= 0.6 is 0 Å². The highest BCUT2D eigenvalue weighted by atomic mass is 16.4. The summed E-state index contributed by atoms with van der Waals surface area (Å²) in [4.78, 5) is 11.3. The summed E-state index contributed by atoms with van der Waals surface area (Å²) in [6, 6.07) is 0.